The Balaban J connectivity index is 0.000000219. The van der Waals surface area contributed by atoms with Gasteiger partial charge in [-0.15, -0.1) is 0 Å². The Kier molecular flexibility index (Phi) is 11.2. The minimum Gasteiger partial charge on any atom is -0.474 e. The van der Waals surface area contributed by atoms with E-state index in [0.717, 1.165) is 24.7 Å². The number of allylic oxidation sites excluding steroid dienone is 1. The van der Waals surface area contributed by atoms with Gasteiger partial charge in [-0.05, 0) is 56.7 Å². The normalized spacial score (nSPS) is 20.8. The first-order valence-corrected chi connectivity index (χ1v) is 8.59. The van der Waals surface area contributed by atoms with Crippen molar-refractivity contribution >= 4 is 0 Å². The second kappa shape index (κ2) is 12.9. The summed E-state index contributed by atoms with van der Waals surface area (Å²) in [4.78, 5) is 0. The molecule has 0 spiro atoms. The Morgan fingerprint density at radius 3 is 2.38 bits per heavy atom. The largest absolute Gasteiger partial charge is 0.474 e. The van der Waals surface area contributed by atoms with Crippen LogP contribution in [0.2, 0.25) is 0 Å². The molecule has 1 aliphatic carbocycles. The lowest BCUT2D eigenvalue weighted by Crippen LogP contribution is -2.27. The maximum atomic E-state index is 8.62. The van der Waals surface area contributed by atoms with E-state index in [1.807, 2.05) is 0 Å². The first kappa shape index (κ1) is 18.2. The molecule has 21 heavy (non-hydrogen) atoms. The molecule has 0 atom stereocenters. The van der Waals surface area contributed by atoms with E-state index in [4.69, 9.17) is 9.84 Å². The van der Waals surface area contributed by atoms with Crippen LogP contribution in [0.4, 0.5) is 0 Å². The van der Waals surface area contributed by atoms with Crippen molar-refractivity contribution in [3.8, 4) is 0 Å². The number of aliphatic hydroxyl groups is 1. The van der Waals surface area contributed by atoms with Crippen molar-refractivity contribution in [1.29, 1.82) is 0 Å². The number of ether oxygens (including phenoxy) is 1. The summed E-state index contributed by atoms with van der Waals surface area (Å²) in [7, 11) is 0. The summed E-state index contributed by atoms with van der Waals surface area (Å²) in [5.41, 5.74) is 0. The van der Waals surface area contributed by atoms with Crippen LogP contribution >= 0.6 is 0 Å². The summed E-state index contributed by atoms with van der Waals surface area (Å²) in [6.45, 7) is 6.19. The molecule has 2 rings (SSSR count). The van der Waals surface area contributed by atoms with Crippen LogP contribution in [-0.2, 0) is 4.74 Å². The zero-order valence-electron chi connectivity index (χ0n) is 13.4. The summed E-state index contributed by atoms with van der Waals surface area (Å²) < 4.78 is 4.89. The van der Waals surface area contributed by atoms with E-state index in [-0.39, 0.29) is 0 Å². The van der Waals surface area contributed by atoms with E-state index in [1.54, 1.807) is 6.26 Å². The second-order valence-corrected chi connectivity index (χ2v) is 6.12. The summed E-state index contributed by atoms with van der Waals surface area (Å²) in [6, 6.07) is 0. The highest BCUT2D eigenvalue weighted by molar-refractivity contribution is 4.81. The van der Waals surface area contributed by atoms with Gasteiger partial charge in [0.2, 0.25) is 0 Å². The minimum atomic E-state index is 0.394. The zero-order chi connectivity index (χ0) is 15.2. The molecule has 122 valence electrons. The van der Waals surface area contributed by atoms with Crippen LogP contribution in [0, 0.1) is 11.8 Å². The number of nitrogens with one attached hydrogen (secondary N) is 1. The van der Waals surface area contributed by atoms with Gasteiger partial charge in [-0.2, -0.15) is 0 Å². The first-order chi connectivity index (χ1) is 10.4. The SMILES string of the molecule is C=CO/C=C\CC1CCNCC1.OCCC1CCCCC1. The van der Waals surface area contributed by atoms with Crippen LogP contribution in [0.5, 0.6) is 0 Å². The topological polar surface area (TPSA) is 41.5 Å². The summed E-state index contributed by atoms with van der Waals surface area (Å²) in [6.07, 6.45) is 16.9. The molecule has 0 radical (unpaired) electrons. The molecular weight excluding hydrogens is 262 g/mol. The van der Waals surface area contributed by atoms with Crippen molar-refractivity contribution in [2.24, 2.45) is 11.8 Å². The predicted octanol–water partition coefficient (Wildman–Crippen LogP) is 4.00. The summed E-state index contributed by atoms with van der Waals surface area (Å²) in [5.74, 6) is 1.69. The molecule has 0 aromatic heterocycles. The Bertz CT molecular complexity index is 264. The van der Waals surface area contributed by atoms with Crippen LogP contribution in [0.15, 0.2) is 25.2 Å². The van der Waals surface area contributed by atoms with Gasteiger partial charge in [0.15, 0.2) is 0 Å². The molecule has 3 heteroatoms. The third kappa shape index (κ3) is 9.70. The molecule has 3 nitrogen and oxygen atoms in total. The van der Waals surface area contributed by atoms with Crippen molar-refractivity contribution in [3.63, 3.8) is 0 Å². The highest BCUT2D eigenvalue weighted by Gasteiger charge is 2.11. The average Bonchev–Trinajstić information content (AvgIpc) is 2.55. The van der Waals surface area contributed by atoms with Gasteiger partial charge in [0, 0.05) is 6.61 Å². The lowest BCUT2D eigenvalue weighted by atomic mass is 9.87. The van der Waals surface area contributed by atoms with Gasteiger partial charge in [-0.25, -0.2) is 0 Å². The lowest BCUT2D eigenvalue weighted by molar-refractivity contribution is 0.230. The molecular formula is C18H33NO2. The van der Waals surface area contributed by atoms with Crippen molar-refractivity contribution in [1.82, 2.24) is 5.32 Å². The highest BCUT2D eigenvalue weighted by Crippen LogP contribution is 2.25. The van der Waals surface area contributed by atoms with Crippen molar-refractivity contribution in [2.45, 2.75) is 57.8 Å². The number of rotatable bonds is 6. The second-order valence-electron chi connectivity index (χ2n) is 6.12. The molecule has 1 aliphatic heterocycles. The number of hydrogen-bond acceptors (Lipinski definition) is 3. The molecule has 2 aliphatic rings. The quantitative estimate of drug-likeness (QED) is 0.728. The Morgan fingerprint density at radius 1 is 1.05 bits per heavy atom. The number of piperidine rings is 1. The van der Waals surface area contributed by atoms with Crippen molar-refractivity contribution in [2.75, 3.05) is 19.7 Å². The van der Waals surface area contributed by atoms with E-state index in [0.29, 0.717) is 6.61 Å². The number of hydrogen-bond donors (Lipinski definition) is 2. The van der Waals surface area contributed by atoms with Gasteiger partial charge in [0.05, 0.1) is 12.5 Å². The zero-order valence-corrected chi connectivity index (χ0v) is 13.4. The van der Waals surface area contributed by atoms with Crippen LogP contribution in [0.1, 0.15) is 57.8 Å². The van der Waals surface area contributed by atoms with Gasteiger partial charge in [0.1, 0.15) is 0 Å². The average molecular weight is 295 g/mol. The molecule has 1 heterocycles. The number of aliphatic hydroxyl groups excluding tert-OH is 1. The Morgan fingerprint density at radius 2 is 1.76 bits per heavy atom. The van der Waals surface area contributed by atoms with Gasteiger partial charge in [-0.1, -0.05) is 38.7 Å². The van der Waals surface area contributed by atoms with E-state index in [9.17, 15) is 0 Å². The van der Waals surface area contributed by atoms with Crippen LogP contribution in [0.3, 0.4) is 0 Å². The van der Waals surface area contributed by atoms with E-state index in [2.05, 4.69) is 18.0 Å². The fourth-order valence-electron chi connectivity index (χ4n) is 3.13. The molecule has 0 aromatic carbocycles. The first-order valence-electron chi connectivity index (χ1n) is 8.59. The van der Waals surface area contributed by atoms with Crippen LogP contribution < -0.4 is 5.32 Å². The summed E-state index contributed by atoms with van der Waals surface area (Å²) >= 11 is 0. The Hall–Kier alpha value is -0.800. The molecule has 1 saturated heterocycles. The predicted molar refractivity (Wildman–Crippen MR) is 88.9 cm³/mol. The van der Waals surface area contributed by atoms with Gasteiger partial charge >= 0.3 is 0 Å². The van der Waals surface area contributed by atoms with E-state index >= 15 is 0 Å². The minimum absolute atomic E-state index is 0.394. The third-order valence-corrected chi connectivity index (χ3v) is 4.46. The molecule has 1 saturated carbocycles. The molecule has 0 aromatic rings. The maximum absolute atomic E-state index is 8.62. The smallest absolute Gasteiger partial charge is 0.0861 e. The Labute approximate surface area is 130 Å². The highest BCUT2D eigenvalue weighted by atomic mass is 16.5. The maximum Gasteiger partial charge on any atom is 0.0861 e. The molecule has 2 N–H and O–H groups in total. The lowest BCUT2D eigenvalue weighted by Gasteiger charge is -2.20. The van der Waals surface area contributed by atoms with Crippen molar-refractivity contribution in [3.05, 3.63) is 25.2 Å². The van der Waals surface area contributed by atoms with Gasteiger partial charge < -0.3 is 15.2 Å². The summed E-state index contributed by atoms with van der Waals surface area (Å²) in [5, 5.41) is 12.0. The molecule has 0 amide bonds. The monoisotopic (exact) mass is 295 g/mol. The van der Waals surface area contributed by atoms with Crippen molar-refractivity contribution < 1.29 is 9.84 Å². The molecule has 2 fully saturated rings. The molecule has 0 bridgehead atoms. The van der Waals surface area contributed by atoms with Gasteiger partial charge in [0.25, 0.3) is 0 Å². The third-order valence-electron chi connectivity index (χ3n) is 4.46. The van der Waals surface area contributed by atoms with Gasteiger partial charge in [-0.3, -0.25) is 0 Å². The fourth-order valence-corrected chi connectivity index (χ4v) is 3.13. The molecule has 0 unspecified atom stereocenters. The van der Waals surface area contributed by atoms with E-state index < -0.39 is 0 Å². The van der Waals surface area contributed by atoms with E-state index in [1.165, 1.54) is 64.3 Å². The fraction of sp³-hybridized carbons (Fsp3) is 0.778. The van der Waals surface area contributed by atoms with Crippen LogP contribution in [0.25, 0.3) is 0 Å². The van der Waals surface area contributed by atoms with Crippen LogP contribution in [-0.4, -0.2) is 24.8 Å². The standard InChI is InChI=1S/C10H17NO.C8H16O/c1-2-12-9-3-4-10-5-7-11-8-6-10;9-7-6-8-4-2-1-3-5-8/h2-3,9-11H,1,4-8H2;8-9H,1-7H2/b9-3-;.